The fraction of sp³-hybridized carbons (Fsp3) is 0.800. The first-order valence-electron chi connectivity index (χ1n) is 9.81. The van der Waals surface area contributed by atoms with E-state index >= 15 is 0 Å². The quantitative estimate of drug-likeness (QED) is 0.425. The van der Waals surface area contributed by atoms with Gasteiger partial charge in [0.25, 0.3) is 0 Å². The summed E-state index contributed by atoms with van der Waals surface area (Å²) in [4.78, 5) is 24.0. The van der Waals surface area contributed by atoms with Crippen molar-refractivity contribution in [1.82, 2.24) is 0 Å². The molecule has 2 aliphatic rings. The summed E-state index contributed by atoms with van der Waals surface area (Å²) in [7, 11) is 0. The van der Waals surface area contributed by atoms with Crippen LogP contribution in [0, 0.1) is 11.8 Å². The summed E-state index contributed by atoms with van der Waals surface area (Å²) in [6.45, 7) is 4.80. The SMILES string of the molecule is C=C(C)C(=O)OCC(O)COC1CCC(C(=O)C2CCCCC2O)C(O)C1. The van der Waals surface area contributed by atoms with Gasteiger partial charge in [0.1, 0.15) is 18.5 Å². The van der Waals surface area contributed by atoms with E-state index in [-0.39, 0.29) is 36.6 Å². The Labute approximate surface area is 160 Å². The number of aliphatic hydroxyl groups is 3. The lowest BCUT2D eigenvalue weighted by molar-refractivity contribution is -0.145. The van der Waals surface area contributed by atoms with Crippen molar-refractivity contribution < 1.29 is 34.4 Å². The van der Waals surface area contributed by atoms with Gasteiger partial charge in [-0.3, -0.25) is 4.79 Å². The van der Waals surface area contributed by atoms with Crippen molar-refractivity contribution in [3.05, 3.63) is 12.2 Å². The van der Waals surface area contributed by atoms with Crippen LogP contribution in [0.2, 0.25) is 0 Å². The van der Waals surface area contributed by atoms with Crippen LogP contribution in [0.15, 0.2) is 12.2 Å². The van der Waals surface area contributed by atoms with Crippen molar-refractivity contribution in [3.63, 3.8) is 0 Å². The number of ketones is 1. The maximum Gasteiger partial charge on any atom is 0.333 e. The molecule has 0 bridgehead atoms. The number of carbonyl (C=O) groups is 2. The van der Waals surface area contributed by atoms with Crippen molar-refractivity contribution in [1.29, 1.82) is 0 Å². The molecule has 154 valence electrons. The molecule has 0 spiro atoms. The maximum absolute atomic E-state index is 12.7. The smallest absolute Gasteiger partial charge is 0.333 e. The molecular formula is C20H32O7. The molecule has 0 amide bonds. The second-order valence-electron chi connectivity index (χ2n) is 7.84. The minimum absolute atomic E-state index is 0.0131. The van der Waals surface area contributed by atoms with Crippen molar-refractivity contribution >= 4 is 11.8 Å². The van der Waals surface area contributed by atoms with E-state index in [2.05, 4.69) is 6.58 Å². The maximum atomic E-state index is 12.7. The zero-order valence-electron chi connectivity index (χ0n) is 16.0. The fourth-order valence-corrected chi connectivity index (χ4v) is 3.90. The van der Waals surface area contributed by atoms with Crippen LogP contribution in [0.4, 0.5) is 0 Å². The average Bonchev–Trinajstić information content (AvgIpc) is 2.64. The minimum Gasteiger partial charge on any atom is -0.460 e. The molecular weight excluding hydrogens is 352 g/mol. The topological polar surface area (TPSA) is 113 Å². The predicted octanol–water partition coefficient (Wildman–Crippen LogP) is 1.13. The second-order valence-corrected chi connectivity index (χ2v) is 7.84. The largest absolute Gasteiger partial charge is 0.460 e. The molecule has 0 aromatic rings. The Balaban J connectivity index is 1.73. The molecule has 7 nitrogen and oxygen atoms in total. The first-order chi connectivity index (χ1) is 12.8. The van der Waals surface area contributed by atoms with Crippen LogP contribution in [-0.4, -0.2) is 64.7 Å². The summed E-state index contributed by atoms with van der Waals surface area (Å²) >= 11 is 0. The third-order valence-corrected chi connectivity index (χ3v) is 5.51. The summed E-state index contributed by atoms with van der Waals surface area (Å²) in [5.74, 6) is -1.40. The van der Waals surface area contributed by atoms with Gasteiger partial charge in [-0.05, 0) is 32.6 Å². The number of Topliss-reactive ketones (excluding diaryl/α,β-unsaturated/α-hetero) is 1. The molecule has 6 atom stereocenters. The van der Waals surface area contributed by atoms with E-state index in [9.17, 15) is 24.9 Å². The lowest BCUT2D eigenvalue weighted by Gasteiger charge is -2.36. The number of rotatable bonds is 8. The number of aliphatic hydroxyl groups excluding tert-OH is 3. The van der Waals surface area contributed by atoms with Crippen LogP contribution in [0.1, 0.15) is 51.9 Å². The lowest BCUT2D eigenvalue weighted by atomic mass is 9.73. The molecule has 2 fully saturated rings. The van der Waals surface area contributed by atoms with E-state index in [1.165, 1.54) is 6.92 Å². The van der Waals surface area contributed by atoms with Crippen LogP contribution in [0.25, 0.3) is 0 Å². The predicted molar refractivity (Wildman–Crippen MR) is 97.8 cm³/mol. The van der Waals surface area contributed by atoms with Crippen LogP contribution in [-0.2, 0) is 19.1 Å². The highest BCUT2D eigenvalue weighted by molar-refractivity contribution is 5.87. The zero-order valence-corrected chi connectivity index (χ0v) is 16.0. The van der Waals surface area contributed by atoms with Crippen LogP contribution < -0.4 is 0 Å². The normalized spacial score (nSPS) is 32.5. The summed E-state index contributed by atoms with van der Waals surface area (Å²) in [5, 5.41) is 30.3. The number of hydrogen-bond acceptors (Lipinski definition) is 7. The highest BCUT2D eigenvalue weighted by Gasteiger charge is 2.40. The second kappa shape index (κ2) is 10.3. The molecule has 2 saturated carbocycles. The van der Waals surface area contributed by atoms with Crippen LogP contribution in [0.5, 0.6) is 0 Å². The Morgan fingerprint density at radius 3 is 2.33 bits per heavy atom. The number of carbonyl (C=O) groups excluding carboxylic acids is 2. The molecule has 0 heterocycles. The van der Waals surface area contributed by atoms with E-state index in [1.807, 2.05) is 0 Å². The van der Waals surface area contributed by atoms with Gasteiger partial charge in [0, 0.05) is 23.8 Å². The Morgan fingerprint density at radius 1 is 1.04 bits per heavy atom. The van der Waals surface area contributed by atoms with Crippen LogP contribution in [0.3, 0.4) is 0 Å². The molecule has 2 rings (SSSR count). The Morgan fingerprint density at radius 2 is 1.70 bits per heavy atom. The zero-order chi connectivity index (χ0) is 20.0. The third-order valence-electron chi connectivity index (χ3n) is 5.51. The average molecular weight is 384 g/mol. The number of esters is 1. The van der Waals surface area contributed by atoms with E-state index in [0.717, 1.165) is 12.8 Å². The van der Waals surface area contributed by atoms with Crippen molar-refractivity contribution in [2.24, 2.45) is 11.8 Å². The monoisotopic (exact) mass is 384 g/mol. The molecule has 0 saturated heterocycles. The molecule has 6 unspecified atom stereocenters. The first kappa shape index (κ1) is 22.0. The standard InChI is InChI=1S/C20H32O7/c1-12(2)20(25)27-11-13(21)10-26-14-7-8-16(18(23)9-14)19(24)15-5-3-4-6-17(15)22/h13-18,21-23H,1,3-11H2,2H3. The molecule has 0 radical (unpaired) electrons. The van der Waals surface area contributed by atoms with Crippen molar-refractivity contribution in [2.75, 3.05) is 13.2 Å². The third kappa shape index (κ3) is 6.38. The van der Waals surface area contributed by atoms with Gasteiger partial charge >= 0.3 is 5.97 Å². The van der Waals surface area contributed by atoms with Crippen molar-refractivity contribution in [2.45, 2.75) is 76.3 Å². The summed E-state index contributed by atoms with van der Waals surface area (Å²) < 4.78 is 10.5. The number of ether oxygens (including phenoxy) is 2. The molecule has 27 heavy (non-hydrogen) atoms. The Hall–Kier alpha value is -1.28. The lowest BCUT2D eigenvalue weighted by Crippen LogP contribution is -2.44. The highest BCUT2D eigenvalue weighted by Crippen LogP contribution is 2.34. The van der Waals surface area contributed by atoms with E-state index < -0.39 is 30.2 Å². The highest BCUT2D eigenvalue weighted by atomic mass is 16.5. The molecule has 7 heteroatoms. The first-order valence-corrected chi connectivity index (χ1v) is 9.81. The Bertz CT molecular complexity index is 532. The molecule has 3 N–H and O–H groups in total. The van der Waals surface area contributed by atoms with Gasteiger partial charge in [0.2, 0.25) is 0 Å². The van der Waals surface area contributed by atoms with E-state index in [1.54, 1.807) is 0 Å². The summed E-state index contributed by atoms with van der Waals surface area (Å²) in [6.07, 6.45) is 2.05. The van der Waals surface area contributed by atoms with E-state index in [0.29, 0.717) is 32.1 Å². The van der Waals surface area contributed by atoms with Crippen molar-refractivity contribution in [3.8, 4) is 0 Å². The van der Waals surface area contributed by atoms with Crippen LogP contribution >= 0.6 is 0 Å². The number of hydrogen-bond donors (Lipinski definition) is 3. The van der Waals surface area contributed by atoms with Gasteiger partial charge in [-0.25, -0.2) is 4.79 Å². The summed E-state index contributed by atoms with van der Waals surface area (Å²) in [5.41, 5.74) is 0.261. The van der Waals surface area contributed by atoms with Gasteiger partial charge in [0.05, 0.1) is 24.9 Å². The molecule has 2 aliphatic carbocycles. The van der Waals surface area contributed by atoms with Gasteiger partial charge in [-0.2, -0.15) is 0 Å². The minimum atomic E-state index is -0.956. The van der Waals surface area contributed by atoms with E-state index in [4.69, 9.17) is 9.47 Å². The molecule has 0 aliphatic heterocycles. The van der Waals surface area contributed by atoms with Gasteiger partial charge < -0.3 is 24.8 Å². The fourth-order valence-electron chi connectivity index (χ4n) is 3.90. The van der Waals surface area contributed by atoms with Gasteiger partial charge in [0.15, 0.2) is 0 Å². The molecule has 0 aromatic carbocycles. The Kier molecular flexibility index (Phi) is 8.41. The van der Waals surface area contributed by atoms with Gasteiger partial charge in [-0.1, -0.05) is 19.4 Å². The van der Waals surface area contributed by atoms with Gasteiger partial charge in [-0.15, -0.1) is 0 Å². The molecule has 0 aromatic heterocycles. The summed E-state index contributed by atoms with van der Waals surface area (Å²) in [6, 6.07) is 0.